The third-order valence-corrected chi connectivity index (χ3v) is 4.41. The maximum absolute atomic E-state index is 12.7. The molecule has 4 heteroatoms. The van der Waals surface area contributed by atoms with Crippen LogP contribution in [0.4, 0.5) is 0 Å². The number of hydrogen-bond acceptors (Lipinski definition) is 2. The molecule has 1 aromatic rings. The van der Waals surface area contributed by atoms with Crippen molar-refractivity contribution < 1.29 is 4.79 Å². The number of hydrogen-bond donors (Lipinski definition) is 1. The van der Waals surface area contributed by atoms with E-state index < -0.39 is 5.41 Å². The predicted octanol–water partition coefficient (Wildman–Crippen LogP) is 3.45. The van der Waals surface area contributed by atoms with Gasteiger partial charge in [-0.3, -0.25) is 4.79 Å². The smallest absolute Gasteiger partial charge is 0.232 e. The highest BCUT2D eigenvalue weighted by Gasteiger charge is 2.33. The summed E-state index contributed by atoms with van der Waals surface area (Å²) in [5, 5.41) is 0.628. The fraction of sp³-hybridized carbons (Fsp3) is 0.588. The van der Waals surface area contributed by atoms with Crippen LogP contribution in [-0.2, 0) is 10.2 Å². The van der Waals surface area contributed by atoms with E-state index >= 15 is 0 Å². The first kappa shape index (κ1) is 18.0. The number of carbonyl (C=O) groups is 1. The van der Waals surface area contributed by atoms with Gasteiger partial charge in [0.25, 0.3) is 0 Å². The summed E-state index contributed by atoms with van der Waals surface area (Å²) in [6, 6.07) is 7.63. The summed E-state index contributed by atoms with van der Waals surface area (Å²) < 4.78 is 0. The Morgan fingerprint density at radius 1 is 1.33 bits per heavy atom. The van der Waals surface area contributed by atoms with Crippen LogP contribution in [0.15, 0.2) is 24.3 Å². The topological polar surface area (TPSA) is 46.3 Å². The summed E-state index contributed by atoms with van der Waals surface area (Å²) in [7, 11) is 1.83. The van der Waals surface area contributed by atoms with Crippen LogP contribution in [0.2, 0.25) is 5.02 Å². The van der Waals surface area contributed by atoms with E-state index in [1.54, 1.807) is 4.90 Å². The molecule has 1 rings (SSSR count). The molecular weight excluding hydrogens is 284 g/mol. The number of benzene rings is 1. The molecule has 1 unspecified atom stereocenters. The van der Waals surface area contributed by atoms with Gasteiger partial charge in [-0.25, -0.2) is 0 Å². The number of carbonyl (C=O) groups excluding carboxylic acids is 1. The van der Waals surface area contributed by atoms with Crippen LogP contribution in [0.25, 0.3) is 0 Å². The van der Waals surface area contributed by atoms with Crippen molar-refractivity contribution in [1.29, 1.82) is 0 Å². The average Bonchev–Trinajstić information content (AvgIpc) is 2.43. The Bertz CT molecular complexity index is 485. The van der Waals surface area contributed by atoms with Crippen molar-refractivity contribution >= 4 is 17.5 Å². The molecule has 2 N–H and O–H groups in total. The van der Waals surface area contributed by atoms with Gasteiger partial charge in [0.2, 0.25) is 5.91 Å². The summed E-state index contributed by atoms with van der Waals surface area (Å²) in [6.45, 7) is 8.68. The summed E-state index contributed by atoms with van der Waals surface area (Å²) >= 11 is 6.24. The molecule has 0 aliphatic rings. The first-order valence-electron chi connectivity index (χ1n) is 7.44. The number of likely N-dealkylation sites (N-methyl/N-ethyl adjacent to an activating group) is 1. The molecule has 0 spiro atoms. The molecule has 0 saturated carbocycles. The second-order valence-corrected chi connectivity index (χ2v) is 6.94. The maximum atomic E-state index is 12.7. The second kappa shape index (κ2) is 7.28. The average molecular weight is 311 g/mol. The van der Waals surface area contributed by atoms with Crippen molar-refractivity contribution in [3.05, 3.63) is 34.9 Å². The monoisotopic (exact) mass is 310 g/mol. The molecule has 21 heavy (non-hydrogen) atoms. The SMILES string of the molecule is CC(C)C(N)CCN(C)C(=O)C(C)(C)c1ccccc1Cl. The first-order valence-corrected chi connectivity index (χ1v) is 7.82. The maximum Gasteiger partial charge on any atom is 0.232 e. The van der Waals surface area contributed by atoms with Gasteiger partial charge in [-0.15, -0.1) is 0 Å². The lowest BCUT2D eigenvalue weighted by molar-refractivity contribution is -0.135. The minimum Gasteiger partial charge on any atom is -0.345 e. The van der Waals surface area contributed by atoms with Crippen LogP contribution in [-0.4, -0.2) is 30.4 Å². The van der Waals surface area contributed by atoms with Gasteiger partial charge in [0.05, 0.1) is 5.41 Å². The summed E-state index contributed by atoms with van der Waals surface area (Å²) in [5.74, 6) is 0.483. The molecule has 1 atom stereocenters. The third kappa shape index (κ3) is 4.45. The molecule has 0 aliphatic heterocycles. The summed E-state index contributed by atoms with van der Waals surface area (Å²) in [5.41, 5.74) is 6.26. The van der Waals surface area contributed by atoms with E-state index in [0.29, 0.717) is 17.5 Å². The molecule has 1 amide bonds. The Labute approximate surface area is 133 Å². The quantitative estimate of drug-likeness (QED) is 0.874. The predicted molar refractivity (Wildman–Crippen MR) is 89.5 cm³/mol. The Kier molecular flexibility index (Phi) is 6.24. The Morgan fingerprint density at radius 2 is 1.90 bits per heavy atom. The van der Waals surface area contributed by atoms with Crippen molar-refractivity contribution in [1.82, 2.24) is 4.90 Å². The van der Waals surface area contributed by atoms with E-state index in [0.717, 1.165) is 12.0 Å². The van der Waals surface area contributed by atoms with Gasteiger partial charge in [0, 0.05) is 24.7 Å². The molecule has 0 aliphatic carbocycles. The van der Waals surface area contributed by atoms with E-state index in [2.05, 4.69) is 13.8 Å². The van der Waals surface area contributed by atoms with Crippen molar-refractivity contribution in [2.24, 2.45) is 11.7 Å². The Hall–Kier alpha value is -1.06. The van der Waals surface area contributed by atoms with Gasteiger partial charge < -0.3 is 10.6 Å². The Morgan fingerprint density at radius 3 is 2.43 bits per heavy atom. The lowest BCUT2D eigenvalue weighted by atomic mass is 9.83. The normalized spacial score (nSPS) is 13.3. The van der Waals surface area contributed by atoms with Gasteiger partial charge in [-0.2, -0.15) is 0 Å². The van der Waals surface area contributed by atoms with Crippen molar-refractivity contribution in [2.75, 3.05) is 13.6 Å². The van der Waals surface area contributed by atoms with Crippen molar-refractivity contribution in [3.8, 4) is 0 Å². The summed E-state index contributed by atoms with van der Waals surface area (Å²) in [4.78, 5) is 14.5. The molecule has 3 nitrogen and oxygen atoms in total. The van der Waals surface area contributed by atoms with Crippen LogP contribution < -0.4 is 5.73 Å². The standard InChI is InChI=1S/C17H27ClN2O/c1-12(2)15(19)10-11-20(5)16(21)17(3,4)13-8-6-7-9-14(13)18/h6-9,12,15H,10-11,19H2,1-5H3. The molecule has 1 aromatic carbocycles. The third-order valence-electron chi connectivity index (χ3n) is 4.08. The molecule has 0 saturated heterocycles. The van der Waals surface area contributed by atoms with Crippen LogP contribution in [0.5, 0.6) is 0 Å². The lowest BCUT2D eigenvalue weighted by Gasteiger charge is -2.31. The van der Waals surface area contributed by atoms with Crippen LogP contribution in [0.3, 0.4) is 0 Å². The molecule has 0 aromatic heterocycles. The number of halogens is 1. The fourth-order valence-corrected chi connectivity index (χ4v) is 2.71. The van der Waals surface area contributed by atoms with Crippen molar-refractivity contribution in [3.63, 3.8) is 0 Å². The van der Waals surface area contributed by atoms with E-state index in [4.69, 9.17) is 17.3 Å². The first-order chi connectivity index (χ1) is 9.67. The molecule has 0 heterocycles. The zero-order valence-electron chi connectivity index (χ0n) is 13.7. The van der Waals surface area contributed by atoms with Crippen molar-refractivity contribution in [2.45, 2.75) is 45.6 Å². The molecule has 118 valence electrons. The molecule has 0 radical (unpaired) electrons. The zero-order valence-corrected chi connectivity index (χ0v) is 14.4. The number of nitrogens with zero attached hydrogens (tertiary/aromatic N) is 1. The fourth-order valence-electron chi connectivity index (χ4n) is 2.34. The largest absolute Gasteiger partial charge is 0.345 e. The van der Waals surface area contributed by atoms with Gasteiger partial charge in [-0.05, 0) is 37.8 Å². The zero-order chi connectivity index (χ0) is 16.2. The number of amides is 1. The molecule has 0 fully saturated rings. The van der Waals surface area contributed by atoms with Crippen LogP contribution in [0, 0.1) is 5.92 Å². The van der Waals surface area contributed by atoms with Crippen LogP contribution in [0.1, 0.15) is 39.7 Å². The number of nitrogens with two attached hydrogens (primary N) is 1. The van der Waals surface area contributed by atoms with Gasteiger partial charge >= 0.3 is 0 Å². The van der Waals surface area contributed by atoms with Gasteiger partial charge in [0.15, 0.2) is 0 Å². The number of rotatable bonds is 6. The van der Waals surface area contributed by atoms with E-state index in [9.17, 15) is 4.79 Å². The van der Waals surface area contributed by atoms with Gasteiger partial charge in [-0.1, -0.05) is 43.6 Å². The molecular formula is C17H27ClN2O. The van der Waals surface area contributed by atoms with Crippen LogP contribution >= 0.6 is 11.6 Å². The van der Waals surface area contributed by atoms with E-state index in [-0.39, 0.29) is 11.9 Å². The van der Waals surface area contributed by atoms with E-state index in [1.165, 1.54) is 0 Å². The Balaban J connectivity index is 2.79. The highest BCUT2D eigenvalue weighted by molar-refractivity contribution is 6.31. The highest BCUT2D eigenvalue weighted by Crippen LogP contribution is 2.31. The lowest BCUT2D eigenvalue weighted by Crippen LogP contribution is -2.43. The van der Waals surface area contributed by atoms with Gasteiger partial charge in [0.1, 0.15) is 0 Å². The van der Waals surface area contributed by atoms with E-state index in [1.807, 2.05) is 45.2 Å². The second-order valence-electron chi connectivity index (χ2n) is 6.53. The highest BCUT2D eigenvalue weighted by atomic mass is 35.5. The minimum absolute atomic E-state index is 0.0616. The summed E-state index contributed by atoms with van der Waals surface area (Å²) in [6.07, 6.45) is 0.804. The minimum atomic E-state index is -0.644. The molecule has 0 bridgehead atoms.